The van der Waals surface area contributed by atoms with Gasteiger partial charge in [0.25, 0.3) is 0 Å². The Hall–Kier alpha value is -0.140. The van der Waals surface area contributed by atoms with Crippen LogP contribution in [-0.4, -0.2) is 30.2 Å². The van der Waals surface area contributed by atoms with Crippen LogP contribution in [0.25, 0.3) is 0 Å². The minimum atomic E-state index is -3.30. The number of benzene rings is 1. The van der Waals surface area contributed by atoms with Crippen molar-refractivity contribution in [3.63, 3.8) is 0 Å². The number of sulfonamides is 1. The summed E-state index contributed by atoms with van der Waals surface area (Å²) in [4.78, 5) is 0.411. The second-order valence-electron chi connectivity index (χ2n) is 5.03. The van der Waals surface area contributed by atoms with Crippen LogP contribution in [0.5, 0.6) is 0 Å². The third-order valence-corrected chi connectivity index (χ3v) is 6.57. The molecule has 0 spiro atoms. The summed E-state index contributed by atoms with van der Waals surface area (Å²) in [5.74, 6) is 0.924. The van der Waals surface area contributed by atoms with Crippen LogP contribution >= 0.6 is 22.6 Å². The second kappa shape index (κ2) is 5.46. The Balaban J connectivity index is 2.25. The lowest BCUT2D eigenvalue weighted by molar-refractivity contribution is 0.463. The summed E-state index contributed by atoms with van der Waals surface area (Å²) in [7, 11) is -3.30. The van der Waals surface area contributed by atoms with Crippen LogP contribution in [0.3, 0.4) is 0 Å². The third-order valence-electron chi connectivity index (χ3n) is 3.59. The summed E-state index contributed by atoms with van der Waals surface area (Å²) >= 11 is 2.34. The molecule has 0 N–H and O–H groups in total. The van der Waals surface area contributed by atoms with Crippen LogP contribution < -0.4 is 0 Å². The van der Waals surface area contributed by atoms with E-state index in [1.54, 1.807) is 16.4 Å². The van der Waals surface area contributed by atoms with E-state index in [9.17, 15) is 8.42 Å². The van der Waals surface area contributed by atoms with E-state index in [1.807, 2.05) is 19.1 Å². The molecule has 0 aromatic heterocycles. The van der Waals surface area contributed by atoms with Gasteiger partial charge in [-0.2, -0.15) is 4.31 Å². The Kier molecular flexibility index (Phi) is 4.33. The van der Waals surface area contributed by atoms with Crippen molar-refractivity contribution in [2.24, 2.45) is 11.8 Å². The summed E-state index contributed by atoms with van der Waals surface area (Å²) < 4.78 is 27.6. The maximum Gasteiger partial charge on any atom is 0.243 e. The Labute approximate surface area is 123 Å². The molecule has 2 rings (SSSR count). The van der Waals surface area contributed by atoms with Crippen molar-refractivity contribution >= 4 is 32.6 Å². The molecule has 2 unspecified atom stereocenters. The van der Waals surface area contributed by atoms with Gasteiger partial charge >= 0.3 is 0 Å². The van der Waals surface area contributed by atoms with Crippen molar-refractivity contribution in [3.8, 4) is 0 Å². The molecule has 1 aromatic rings. The molecular weight excluding hydrogens is 361 g/mol. The minimum absolute atomic E-state index is 0.411. The summed E-state index contributed by atoms with van der Waals surface area (Å²) in [6.45, 7) is 5.39. The number of nitrogens with zero attached hydrogens (tertiary/aromatic N) is 1. The van der Waals surface area contributed by atoms with E-state index in [0.29, 0.717) is 29.8 Å². The molecule has 1 saturated heterocycles. The highest BCUT2D eigenvalue weighted by Gasteiger charge is 2.36. The molecule has 1 aromatic carbocycles. The number of hydrogen-bond donors (Lipinski definition) is 0. The monoisotopic (exact) mass is 379 g/mol. The lowest BCUT2D eigenvalue weighted by atomic mass is 10.0. The van der Waals surface area contributed by atoms with Crippen molar-refractivity contribution in [3.05, 3.63) is 29.8 Å². The van der Waals surface area contributed by atoms with E-state index >= 15 is 0 Å². The lowest BCUT2D eigenvalue weighted by Gasteiger charge is -2.16. The zero-order chi connectivity index (χ0) is 13.3. The van der Waals surface area contributed by atoms with E-state index in [1.165, 1.54) is 0 Å². The molecule has 18 heavy (non-hydrogen) atoms. The molecule has 0 bridgehead atoms. The number of hydrogen-bond acceptors (Lipinski definition) is 2. The van der Waals surface area contributed by atoms with Gasteiger partial charge in [-0.15, -0.1) is 0 Å². The van der Waals surface area contributed by atoms with Crippen LogP contribution in [0.4, 0.5) is 0 Å². The topological polar surface area (TPSA) is 37.4 Å². The minimum Gasteiger partial charge on any atom is -0.207 e. The fraction of sp³-hybridized carbons (Fsp3) is 0.538. The quantitative estimate of drug-likeness (QED) is 0.598. The van der Waals surface area contributed by atoms with Gasteiger partial charge in [-0.05, 0) is 30.9 Å². The molecule has 3 nitrogen and oxygen atoms in total. The molecule has 0 radical (unpaired) electrons. The van der Waals surface area contributed by atoms with E-state index in [2.05, 4.69) is 29.5 Å². The molecule has 2 atom stereocenters. The summed E-state index contributed by atoms with van der Waals surface area (Å²) in [5.41, 5.74) is 1.08. The third kappa shape index (κ3) is 2.72. The van der Waals surface area contributed by atoms with E-state index in [0.717, 1.165) is 9.99 Å². The molecule has 100 valence electrons. The summed E-state index contributed by atoms with van der Waals surface area (Å²) in [6.07, 6.45) is 0. The van der Waals surface area contributed by atoms with Crippen molar-refractivity contribution in [2.45, 2.75) is 18.7 Å². The fourth-order valence-corrected chi connectivity index (χ4v) is 4.99. The molecule has 1 aliphatic rings. The normalized spacial score (nSPS) is 25.5. The number of aryl methyl sites for hydroxylation is 1. The highest BCUT2D eigenvalue weighted by Crippen LogP contribution is 2.29. The Morgan fingerprint density at radius 1 is 1.28 bits per heavy atom. The predicted molar refractivity (Wildman–Crippen MR) is 81.5 cm³/mol. The van der Waals surface area contributed by atoms with Gasteiger partial charge in [0.15, 0.2) is 0 Å². The predicted octanol–water partition coefficient (Wildman–Crippen LogP) is 2.69. The zero-order valence-corrected chi connectivity index (χ0v) is 13.6. The van der Waals surface area contributed by atoms with Crippen LogP contribution in [0.2, 0.25) is 0 Å². The van der Waals surface area contributed by atoms with Crippen molar-refractivity contribution < 1.29 is 8.42 Å². The molecule has 5 heteroatoms. The van der Waals surface area contributed by atoms with Crippen LogP contribution in [0, 0.1) is 18.8 Å². The van der Waals surface area contributed by atoms with Gasteiger partial charge in [-0.3, -0.25) is 0 Å². The largest absolute Gasteiger partial charge is 0.243 e. The average Bonchev–Trinajstić information content (AvgIpc) is 2.72. The first-order valence-corrected chi connectivity index (χ1v) is 9.04. The van der Waals surface area contributed by atoms with Crippen molar-refractivity contribution in [2.75, 3.05) is 17.5 Å². The Morgan fingerprint density at radius 2 is 1.89 bits per heavy atom. The van der Waals surface area contributed by atoms with E-state index < -0.39 is 10.0 Å². The van der Waals surface area contributed by atoms with Crippen molar-refractivity contribution in [1.29, 1.82) is 0 Å². The fourth-order valence-electron chi connectivity index (χ4n) is 2.24. The molecule has 0 saturated carbocycles. The van der Waals surface area contributed by atoms with Gasteiger partial charge in [0.1, 0.15) is 0 Å². The number of halogens is 1. The van der Waals surface area contributed by atoms with Crippen LogP contribution in [0.1, 0.15) is 12.5 Å². The highest BCUT2D eigenvalue weighted by atomic mass is 127. The van der Waals surface area contributed by atoms with E-state index in [4.69, 9.17) is 0 Å². The van der Waals surface area contributed by atoms with Crippen molar-refractivity contribution in [1.82, 2.24) is 4.31 Å². The first-order chi connectivity index (χ1) is 8.45. The van der Waals surface area contributed by atoms with Gasteiger partial charge in [0, 0.05) is 17.5 Å². The maximum absolute atomic E-state index is 12.5. The molecular formula is C13H18INO2S. The maximum atomic E-state index is 12.5. The molecule has 0 amide bonds. The average molecular weight is 379 g/mol. The zero-order valence-electron chi connectivity index (χ0n) is 10.6. The van der Waals surface area contributed by atoms with Crippen LogP contribution in [-0.2, 0) is 10.0 Å². The van der Waals surface area contributed by atoms with Gasteiger partial charge in [-0.25, -0.2) is 8.42 Å². The molecule has 1 aliphatic heterocycles. The molecule has 1 fully saturated rings. The first-order valence-electron chi connectivity index (χ1n) is 6.08. The molecule has 0 aliphatic carbocycles. The van der Waals surface area contributed by atoms with Gasteiger partial charge in [0.05, 0.1) is 4.90 Å². The first kappa shape index (κ1) is 14.3. The van der Waals surface area contributed by atoms with Crippen LogP contribution in [0.15, 0.2) is 29.2 Å². The number of alkyl halides is 1. The Morgan fingerprint density at radius 3 is 2.39 bits per heavy atom. The number of rotatable bonds is 3. The van der Waals surface area contributed by atoms with Gasteiger partial charge in [0.2, 0.25) is 10.0 Å². The highest BCUT2D eigenvalue weighted by molar-refractivity contribution is 14.1. The summed E-state index contributed by atoms with van der Waals surface area (Å²) in [5, 5.41) is 0. The second-order valence-corrected chi connectivity index (χ2v) is 7.85. The summed E-state index contributed by atoms with van der Waals surface area (Å²) in [6, 6.07) is 7.10. The Bertz CT molecular complexity index is 512. The standard InChI is InChI=1S/C13H18INO2S/c1-10-3-5-13(6-4-10)18(16,17)15-8-11(2)12(7-14)9-15/h3-6,11-12H,7-9H2,1-2H3. The van der Waals surface area contributed by atoms with Gasteiger partial charge in [-0.1, -0.05) is 47.2 Å². The smallest absolute Gasteiger partial charge is 0.207 e. The van der Waals surface area contributed by atoms with E-state index in [-0.39, 0.29) is 0 Å². The SMILES string of the molecule is Cc1ccc(S(=O)(=O)N2CC(C)C(CI)C2)cc1. The molecule has 1 heterocycles. The lowest BCUT2D eigenvalue weighted by Crippen LogP contribution is -2.29. The van der Waals surface area contributed by atoms with Gasteiger partial charge < -0.3 is 0 Å².